The van der Waals surface area contributed by atoms with Gasteiger partial charge in [-0.25, -0.2) is 4.39 Å². The Balaban J connectivity index is 2.91. The van der Waals surface area contributed by atoms with Crippen LogP contribution in [-0.2, 0) is 4.79 Å². The molecule has 0 aliphatic carbocycles. The quantitative estimate of drug-likeness (QED) is 0.873. The number of carbonyl (C=O) groups excluding carboxylic acids is 1. The Labute approximate surface area is 101 Å². The van der Waals surface area contributed by atoms with E-state index < -0.39 is 6.04 Å². The highest BCUT2D eigenvalue weighted by atomic mass is 19.1. The Morgan fingerprint density at radius 2 is 1.88 bits per heavy atom. The monoisotopic (exact) mass is 238 g/mol. The first-order chi connectivity index (χ1) is 7.97. The van der Waals surface area contributed by atoms with Gasteiger partial charge in [-0.05, 0) is 37.1 Å². The number of hydrogen-bond acceptors (Lipinski definition) is 2. The molecule has 0 unspecified atom stereocenters. The first-order valence-electron chi connectivity index (χ1n) is 5.80. The number of nitrogens with two attached hydrogens (primary N) is 1. The molecule has 1 aromatic rings. The van der Waals surface area contributed by atoms with Gasteiger partial charge >= 0.3 is 0 Å². The van der Waals surface area contributed by atoms with Gasteiger partial charge in [-0.3, -0.25) is 4.79 Å². The summed E-state index contributed by atoms with van der Waals surface area (Å²) in [5, 5.41) is 0. The van der Waals surface area contributed by atoms with Crippen LogP contribution in [-0.4, -0.2) is 18.5 Å². The molecule has 17 heavy (non-hydrogen) atoms. The van der Waals surface area contributed by atoms with Gasteiger partial charge in [-0.2, -0.15) is 0 Å². The SMILES string of the molecule is CCN(C(=O)[C@H](N)C(C)C)c1ccc(F)cc1. The molecule has 0 radical (unpaired) electrons. The molecular formula is C13H19FN2O. The van der Waals surface area contributed by atoms with E-state index in [2.05, 4.69) is 0 Å². The second-order valence-electron chi connectivity index (χ2n) is 4.33. The second kappa shape index (κ2) is 5.77. The molecule has 94 valence electrons. The van der Waals surface area contributed by atoms with Gasteiger partial charge in [0.15, 0.2) is 0 Å². The molecule has 0 spiro atoms. The molecule has 0 saturated heterocycles. The van der Waals surface area contributed by atoms with E-state index in [1.807, 2.05) is 20.8 Å². The molecule has 4 heteroatoms. The summed E-state index contributed by atoms with van der Waals surface area (Å²) in [6.45, 7) is 6.20. The van der Waals surface area contributed by atoms with Crippen molar-refractivity contribution in [3.8, 4) is 0 Å². The minimum Gasteiger partial charge on any atom is -0.320 e. The summed E-state index contributed by atoms with van der Waals surface area (Å²) in [5.74, 6) is -0.364. The summed E-state index contributed by atoms with van der Waals surface area (Å²) < 4.78 is 12.8. The number of anilines is 1. The first-order valence-corrected chi connectivity index (χ1v) is 5.80. The third kappa shape index (κ3) is 3.27. The summed E-state index contributed by atoms with van der Waals surface area (Å²) in [7, 11) is 0. The van der Waals surface area contributed by atoms with Gasteiger partial charge in [0.05, 0.1) is 6.04 Å². The zero-order chi connectivity index (χ0) is 13.0. The van der Waals surface area contributed by atoms with E-state index in [1.165, 1.54) is 12.1 Å². The lowest BCUT2D eigenvalue weighted by Crippen LogP contribution is -2.46. The maximum absolute atomic E-state index is 12.8. The average molecular weight is 238 g/mol. The molecule has 3 nitrogen and oxygen atoms in total. The van der Waals surface area contributed by atoms with Crippen LogP contribution in [0.25, 0.3) is 0 Å². The van der Waals surface area contributed by atoms with Gasteiger partial charge in [-0.15, -0.1) is 0 Å². The van der Waals surface area contributed by atoms with Crippen LogP contribution in [0.4, 0.5) is 10.1 Å². The predicted octanol–water partition coefficient (Wildman–Crippen LogP) is 2.16. The molecule has 1 aromatic carbocycles. The predicted molar refractivity (Wildman–Crippen MR) is 67.2 cm³/mol. The fourth-order valence-corrected chi connectivity index (χ4v) is 1.55. The number of likely N-dealkylation sites (N-methyl/N-ethyl adjacent to an activating group) is 1. The molecule has 0 fully saturated rings. The molecule has 0 aromatic heterocycles. The molecule has 0 saturated carbocycles. The summed E-state index contributed by atoms with van der Waals surface area (Å²) >= 11 is 0. The van der Waals surface area contributed by atoms with Crippen molar-refractivity contribution in [1.29, 1.82) is 0 Å². The normalized spacial score (nSPS) is 12.6. The van der Waals surface area contributed by atoms with Crippen LogP contribution in [0.5, 0.6) is 0 Å². The number of benzene rings is 1. The van der Waals surface area contributed by atoms with E-state index in [-0.39, 0.29) is 17.6 Å². The van der Waals surface area contributed by atoms with Gasteiger partial charge in [-0.1, -0.05) is 13.8 Å². The zero-order valence-electron chi connectivity index (χ0n) is 10.5. The van der Waals surface area contributed by atoms with E-state index in [4.69, 9.17) is 5.73 Å². The Kier molecular flexibility index (Phi) is 4.63. The van der Waals surface area contributed by atoms with Gasteiger partial charge in [0.2, 0.25) is 5.91 Å². The minimum atomic E-state index is -0.528. The molecular weight excluding hydrogens is 219 g/mol. The van der Waals surface area contributed by atoms with Crippen molar-refractivity contribution in [2.45, 2.75) is 26.8 Å². The van der Waals surface area contributed by atoms with Crippen molar-refractivity contribution in [3.63, 3.8) is 0 Å². The van der Waals surface area contributed by atoms with E-state index in [0.717, 1.165) is 0 Å². The maximum Gasteiger partial charge on any atom is 0.244 e. The Morgan fingerprint density at radius 1 is 1.35 bits per heavy atom. The first kappa shape index (κ1) is 13.6. The number of nitrogens with zero attached hydrogens (tertiary/aromatic N) is 1. The van der Waals surface area contributed by atoms with Crippen LogP contribution in [0, 0.1) is 11.7 Å². The van der Waals surface area contributed by atoms with E-state index in [0.29, 0.717) is 12.2 Å². The van der Waals surface area contributed by atoms with Crippen LogP contribution in [0.2, 0.25) is 0 Å². The lowest BCUT2D eigenvalue weighted by molar-refractivity contribution is -0.120. The Bertz CT molecular complexity index is 376. The molecule has 0 aliphatic heterocycles. The van der Waals surface area contributed by atoms with Crippen molar-refractivity contribution in [2.24, 2.45) is 11.7 Å². The van der Waals surface area contributed by atoms with Crippen molar-refractivity contribution >= 4 is 11.6 Å². The third-order valence-electron chi connectivity index (χ3n) is 2.72. The highest BCUT2D eigenvalue weighted by Gasteiger charge is 2.23. The van der Waals surface area contributed by atoms with Crippen LogP contribution in [0.3, 0.4) is 0 Å². The highest BCUT2D eigenvalue weighted by molar-refractivity contribution is 5.97. The van der Waals surface area contributed by atoms with Gasteiger partial charge < -0.3 is 10.6 Å². The van der Waals surface area contributed by atoms with E-state index >= 15 is 0 Å². The second-order valence-corrected chi connectivity index (χ2v) is 4.33. The lowest BCUT2D eigenvalue weighted by atomic mass is 10.0. The fourth-order valence-electron chi connectivity index (χ4n) is 1.55. The molecule has 0 aliphatic rings. The molecule has 2 N–H and O–H groups in total. The summed E-state index contributed by atoms with van der Waals surface area (Å²) in [4.78, 5) is 13.7. The fraction of sp³-hybridized carbons (Fsp3) is 0.462. The number of hydrogen-bond donors (Lipinski definition) is 1. The van der Waals surface area contributed by atoms with Gasteiger partial charge in [0.1, 0.15) is 5.82 Å². The summed E-state index contributed by atoms with van der Waals surface area (Å²) in [6.07, 6.45) is 0. The minimum absolute atomic E-state index is 0.0806. The van der Waals surface area contributed by atoms with Crippen LogP contribution in [0.1, 0.15) is 20.8 Å². The number of carbonyl (C=O) groups is 1. The Hall–Kier alpha value is -1.42. The number of amides is 1. The topological polar surface area (TPSA) is 46.3 Å². The van der Waals surface area contributed by atoms with Gasteiger partial charge in [0.25, 0.3) is 0 Å². The molecule has 0 bridgehead atoms. The summed E-state index contributed by atoms with van der Waals surface area (Å²) in [6, 6.07) is 5.33. The maximum atomic E-state index is 12.8. The molecule has 1 rings (SSSR count). The average Bonchev–Trinajstić information content (AvgIpc) is 2.31. The van der Waals surface area contributed by atoms with E-state index in [1.54, 1.807) is 17.0 Å². The largest absolute Gasteiger partial charge is 0.320 e. The van der Waals surface area contributed by atoms with Crippen molar-refractivity contribution in [2.75, 3.05) is 11.4 Å². The number of halogens is 1. The zero-order valence-corrected chi connectivity index (χ0v) is 10.5. The Morgan fingerprint density at radius 3 is 2.29 bits per heavy atom. The van der Waals surface area contributed by atoms with Crippen LogP contribution < -0.4 is 10.6 Å². The van der Waals surface area contributed by atoms with Crippen molar-refractivity contribution < 1.29 is 9.18 Å². The lowest BCUT2D eigenvalue weighted by Gasteiger charge is -2.26. The standard InChI is InChI=1S/C13H19FN2O/c1-4-16(13(17)12(15)9(2)3)11-7-5-10(14)6-8-11/h5-9,12H,4,15H2,1-3H3/t12-/m1/s1. The smallest absolute Gasteiger partial charge is 0.244 e. The number of rotatable bonds is 4. The van der Waals surface area contributed by atoms with Crippen LogP contribution in [0.15, 0.2) is 24.3 Å². The molecule has 0 heterocycles. The highest BCUT2D eigenvalue weighted by Crippen LogP contribution is 2.16. The van der Waals surface area contributed by atoms with Crippen molar-refractivity contribution in [1.82, 2.24) is 0 Å². The van der Waals surface area contributed by atoms with Crippen LogP contribution >= 0.6 is 0 Å². The van der Waals surface area contributed by atoms with E-state index in [9.17, 15) is 9.18 Å². The third-order valence-corrected chi connectivity index (χ3v) is 2.72. The molecule has 1 atom stereocenters. The molecule has 1 amide bonds. The summed E-state index contributed by atoms with van der Waals surface area (Å²) in [5.41, 5.74) is 6.51. The van der Waals surface area contributed by atoms with Crippen molar-refractivity contribution in [3.05, 3.63) is 30.1 Å². The van der Waals surface area contributed by atoms with Gasteiger partial charge in [0, 0.05) is 12.2 Å².